The average Bonchev–Trinajstić information content (AvgIpc) is 2.81. The molecule has 2 fully saturated rings. The smallest absolute Gasteiger partial charge is 0.225 e. The highest BCUT2D eigenvalue weighted by Crippen LogP contribution is 2.36. The number of benzene rings is 1. The fraction of sp³-hybridized carbons (Fsp3) is 0.611. The minimum absolute atomic E-state index is 0.189. The number of aryl methyl sites for hydroxylation is 1. The molecule has 3 rings (SSSR count). The summed E-state index contributed by atoms with van der Waals surface area (Å²) in [5, 5.41) is 0.522. The second kappa shape index (κ2) is 7.51. The van der Waals surface area contributed by atoms with E-state index in [0.29, 0.717) is 11.2 Å². The van der Waals surface area contributed by atoms with Crippen LogP contribution in [0.15, 0.2) is 24.3 Å². The van der Waals surface area contributed by atoms with Crippen LogP contribution in [0.2, 0.25) is 0 Å². The van der Waals surface area contributed by atoms with Gasteiger partial charge in [0.1, 0.15) is 0 Å². The topological polar surface area (TPSA) is 29.5 Å². The van der Waals surface area contributed by atoms with Gasteiger partial charge in [0.2, 0.25) is 5.91 Å². The van der Waals surface area contributed by atoms with Crippen LogP contribution >= 0.6 is 11.8 Å². The van der Waals surface area contributed by atoms with E-state index in [2.05, 4.69) is 36.1 Å². The van der Waals surface area contributed by atoms with Gasteiger partial charge >= 0.3 is 0 Å². The zero-order valence-electron chi connectivity index (χ0n) is 13.3. The van der Waals surface area contributed by atoms with Crippen LogP contribution in [0.1, 0.15) is 35.6 Å². The lowest BCUT2D eigenvalue weighted by atomic mass is 9.98. The zero-order valence-corrected chi connectivity index (χ0v) is 14.1. The Hall–Kier alpha value is -1.000. The third-order valence-corrected chi connectivity index (χ3v) is 6.07. The van der Waals surface area contributed by atoms with Crippen molar-refractivity contribution in [2.75, 3.05) is 32.1 Å². The Kier molecular flexibility index (Phi) is 5.42. The molecule has 0 N–H and O–H groups in total. The van der Waals surface area contributed by atoms with Gasteiger partial charge in [-0.1, -0.05) is 24.3 Å². The molecule has 22 heavy (non-hydrogen) atoms. The van der Waals surface area contributed by atoms with Gasteiger partial charge in [0.25, 0.3) is 0 Å². The Bertz CT molecular complexity index is 514. The molecule has 0 aromatic heterocycles. The Morgan fingerprint density at radius 1 is 1.18 bits per heavy atom. The van der Waals surface area contributed by atoms with E-state index in [1.807, 2.05) is 11.8 Å². The van der Waals surface area contributed by atoms with Gasteiger partial charge in [0, 0.05) is 43.2 Å². The number of thioether (sulfide) groups is 1. The molecule has 1 amide bonds. The van der Waals surface area contributed by atoms with Crippen molar-refractivity contribution in [1.82, 2.24) is 4.90 Å². The van der Waals surface area contributed by atoms with E-state index >= 15 is 0 Å². The number of hydrogen-bond acceptors (Lipinski definition) is 3. The van der Waals surface area contributed by atoms with Crippen molar-refractivity contribution in [3.63, 3.8) is 0 Å². The Balaban J connectivity index is 1.62. The molecule has 0 radical (unpaired) electrons. The third kappa shape index (κ3) is 3.66. The SMILES string of the molecule is Cc1ccccc1[C@@H]1CCN(C(=O)C2CCOCC2)CCS1. The van der Waals surface area contributed by atoms with E-state index in [1.165, 1.54) is 11.1 Å². The van der Waals surface area contributed by atoms with Crippen LogP contribution in [-0.2, 0) is 9.53 Å². The molecule has 0 spiro atoms. The molecule has 0 saturated carbocycles. The van der Waals surface area contributed by atoms with Crippen LogP contribution < -0.4 is 0 Å². The van der Waals surface area contributed by atoms with Crippen molar-refractivity contribution in [3.05, 3.63) is 35.4 Å². The van der Waals surface area contributed by atoms with Gasteiger partial charge in [-0.15, -0.1) is 0 Å². The lowest BCUT2D eigenvalue weighted by Crippen LogP contribution is -2.39. The average molecular weight is 319 g/mol. The van der Waals surface area contributed by atoms with Gasteiger partial charge in [0.15, 0.2) is 0 Å². The molecule has 0 unspecified atom stereocenters. The van der Waals surface area contributed by atoms with Crippen molar-refractivity contribution in [3.8, 4) is 0 Å². The van der Waals surface area contributed by atoms with Gasteiger partial charge in [-0.3, -0.25) is 4.79 Å². The molecule has 1 aromatic carbocycles. The summed E-state index contributed by atoms with van der Waals surface area (Å²) >= 11 is 2.00. The van der Waals surface area contributed by atoms with Crippen LogP contribution in [0, 0.1) is 12.8 Å². The van der Waals surface area contributed by atoms with E-state index in [0.717, 1.165) is 51.3 Å². The number of nitrogens with zero attached hydrogens (tertiary/aromatic N) is 1. The zero-order chi connectivity index (χ0) is 15.4. The predicted octanol–water partition coefficient (Wildman–Crippen LogP) is 3.43. The minimum Gasteiger partial charge on any atom is -0.381 e. The van der Waals surface area contributed by atoms with Crippen molar-refractivity contribution in [2.45, 2.75) is 31.4 Å². The van der Waals surface area contributed by atoms with E-state index in [1.54, 1.807) is 0 Å². The lowest BCUT2D eigenvalue weighted by molar-refractivity contribution is -0.138. The molecule has 2 saturated heterocycles. The Morgan fingerprint density at radius 2 is 1.95 bits per heavy atom. The first-order chi connectivity index (χ1) is 10.8. The van der Waals surface area contributed by atoms with Crippen LogP contribution in [0.5, 0.6) is 0 Å². The van der Waals surface area contributed by atoms with E-state index in [4.69, 9.17) is 4.74 Å². The number of ether oxygens (including phenoxy) is 1. The van der Waals surface area contributed by atoms with Crippen molar-refractivity contribution in [1.29, 1.82) is 0 Å². The first-order valence-corrected chi connectivity index (χ1v) is 9.34. The van der Waals surface area contributed by atoms with Gasteiger partial charge in [-0.25, -0.2) is 0 Å². The Morgan fingerprint density at radius 3 is 2.73 bits per heavy atom. The standard InChI is InChI=1S/C18H25NO2S/c1-14-4-2-3-5-16(14)17-6-9-19(10-13-22-17)18(20)15-7-11-21-12-8-15/h2-5,15,17H,6-13H2,1H3/t17-/m0/s1. The maximum absolute atomic E-state index is 12.7. The summed E-state index contributed by atoms with van der Waals surface area (Å²) < 4.78 is 5.38. The summed E-state index contributed by atoms with van der Waals surface area (Å²) in [6.45, 7) is 5.45. The second-order valence-corrected chi connectivity index (χ2v) is 7.53. The quantitative estimate of drug-likeness (QED) is 0.836. The number of carbonyl (C=O) groups excluding carboxylic acids is 1. The summed E-state index contributed by atoms with van der Waals surface area (Å²) in [5.74, 6) is 1.58. The molecule has 2 aliphatic rings. The molecule has 2 aliphatic heterocycles. The van der Waals surface area contributed by atoms with Crippen molar-refractivity contribution < 1.29 is 9.53 Å². The summed E-state index contributed by atoms with van der Waals surface area (Å²) in [5.41, 5.74) is 2.80. The van der Waals surface area contributed by atoms with Gasteiger partial charge in [-0.05, 0) is 37.3 Å². The highest BCUT2D eigenvalue weighted by molar-refractivity contribution is 7.99. The van der Waals surface area contributed by atoms with Gasteiger partial charge in [0.05, 0.1) is 0 Å². The summed E-state index contributed by atoms with van der Waals surface area (Å²) in [7, 11) is 0. The second-order valence-electron chi connectivity index (χ2n) is 6.22. The normalized spacial score (nSPS) is 24.0. The van der Waals surface area contributed by atoms with Crippen LogP contribution in [0.4, 0.5) is 0 Å². The molecular formula is C18H25NO2S. The number of carbonyl (C=O) groups is 1. The molecule has 1 atom stereocenters. The van der Waals surface area contributed by atoms with Gasteiger partial charge in [-0.2, -0.15) is 11.8 Å². The molecular weight excluding hydrogens is 294 g/mol. The first-order valence-electron chi connectivity index (χ1n) is 8.29. The van der Waals surface area contributed by atoms with Crippen LogP contribution in [-0.4, -0.2) is 42.9 Å². The molecule has 0 bridgehead atoms. The molecule has 2 heterocycles. The van der Waals surface area contributed by atoms with Crippen molar-refractivity contribution in [2.24, 2.45) is 5.92 Å². The summed E-state index contributed by atoms with van der Waals surface area (Å²) in [6.07, 6.45) is 2.85. The largest absolute Gasteiger partial charge is 0.381 e. The van der Waals surface area contributed by atoms with E-state index in [-0.39, 0.29) is 5.92 Å². The van der Waals surface area contributed by atoms with Crippen LogP contribution in [0.25, 0.3) is 0 Å². The monoisotopic (exact) mass is 319 g/mol. The first kappa shape index (κ1) is 15.9. The summed E-state index contributed by atoms with van der Waals surface area (Å²) in [4.78, 5) is 14.8. The van der Waals surface area contributed by atoms with E-state index < -0.39 is 0 Å². The molecule has 120 valence electrons. The Labute approximate surface area is 137 Å². The highest BCUT2D eigenvalue weighted by Gasteiger charge is 2.28. The number of hydrogen-bond donors (Lipinski definition) is 0. The maximum Gasteiger partial charge on any atom is 0.225 e. The highest BCUT2D eigenvalue weighted by atomic mass is 32.2. The molecule has 0 aliphatic carbocycles. The summed E-state index contributed by atoms with van der Waals surface area (Å²) in [6, 6.07) is 8.65. The third-order valence-electron chi connectivity index (χ3n) is 4.76. The molecule has 3 nitrogen and oxygen atoms in total. The fourth-order valence-electron chi connectivity index (χ4n) is 3.39. The lowest BCUT2D eigenvalue weighted by Gasteiger charge is -2.28. The fourth-order valence-corrected chi connectivity index (χ4v) is 4.72. The van der Waals surface area contributed by atoms with Crippen LogP contribution in [0.3, 0.4) is 0 Å². The molecule has 1 aromatic rings. The van der Waals surface area contributed by atoms with E-state index in [9.17, 15) is 4.79 Å². The molecule has 4 heteroatoms. The minimum atomic E-state index is 0.189. The maximum atomic E-state index is 12.7. The number of amides is 1. The number of rotatable bonds is 2. The van der Waals surface area contributed by atoms with Crippen molar-refractivity contribution >= 4 is 17.7 Å². The van der Waals surface area contributed by atoms with Gasteiger partial charge < -0.3 is 9.64 Å². The predicted molar refractivity (Wildman–Crippen MR) is 91.1 cm³/mol.